The number of carbonyl (C=O) groups is 1. The first-order valence-corrected chi connectivity index (χ1v) is 5.57. The predicted molar refractivity (Wildman–Crippen MR) is 63.0 cm³/mol. The van der Waals surface area contributed by atoms with Crippen molar-refractivity contribution in [2.75, 3.05) is 0 Å². The van der Waals surface area contributed by atoms with Crippen molar-refractivity contribution in [2.45, 2.75) is 39.2 Å². The number of benzene rings is 1. The van der Waals surface area contributed by atoms with E-state index in [1.54, 1.807) is 0 Å². The van der Waals surface area contributed by atoms with Gasteiger partial charge in [0.1, 0.15) is 0 Å². The molecule has 1 unspecified atom stereocenters. The maximum absolute atomic E-state index is 11.9. The molecule has 0 saturated carbocycles. The standard InChI is InChI=1S/C13H19NO/c1-3-6-12(14)13(15)11-8-5-7-10(4-2)9-11/h5,7-9,12H,3-4,6,14H2,1-2H3. The first-order chi connectivity index (χ1) is 7.19. The van der Waals surface area contributed by atoms with Crippen molar-refractivity contribution in [1.29, 1.82) is 0 Å². The number of hydrogen-bond donors (Lipinski definition) is 1. The van der Waals surface area contributed by atoms with Crippen LogP contribution in [0.4, 0.5) is 0 Å². The minimum atomic E-state index is -0.345. The number of ketones is 1. The zero-order valence-corrected chi connectivity index (χ0v) is 9.49. The van der Waals surface area contributed by atoms with Crippen molar-refractivity contribution in [3.05, 3.63) is 35.4 Å². The Morgan fingerprint density at radius 1 is 1.40 bits per heavy atom. The Bertz CT molecular complexity index is 333. The molecule has 0 bridgehead atoms. The zero-order chi connectivity index (χ0) is 11.3. The third-order valence-electron chi connectivity index (χ3n) is 2.56. The van der Waals surface area contributed by atoms with Gasteiger partial charge in [-0.1, -0.05) is 38.5 Å². The van der Waals surface area contributed by atoms with E-state index in [2.05, 4.69) is 6.92 Å². The average molecular weight is 205 g/mol. The third kappa shape index (κ3) is 3.17. The first-order valence-electron chi connectivity index (χ1n) is 5.57. The number of nitrogens with two attached hydrogens (primary N) is 1. The van der Waals surface area contributed by atoms with E-state index in [1.165, 1.54) is 5.56 Å². The Hall–Kier alpha value is -1.15. The molecule has 1 atom stereocenters. The van der Waals surface area contributed by atoms with Gasteiger partial charge in [0.05, 0.1) is 6.04 Å². The van der Waals surface area contributed by atoms with Gasteiger partial charge >= 0.3 is 0 Å². The molecule has 0 radical (unpaired) electrons. The fourth-order valence-corrected chi connectivity index (χ4v) is 1.60. The summed E-state index contributed by atoms with van der Waals surface area (Å²) in [5.41, 5.74) is 7.73. The summed E-state index contributed by atoms with van der Waals surface area (Å²) in [5.74, 6) is 0.0622. The highest BCUT2D eigenvalue weighted by atomic mass is 16.1. The van der Waals surface area contributed by atoms with Crippen LogP contribution in [0.1, 0.15) is 42.6 Å². The molecule has 82 valence electrons. The number of hydrogen-bond acceptors (Lipinski definition) is 2. The molecule has 0 aliphatic rings. The highest BCUT2D eigenvalue weighted by Gasteiger charge is 2.14. The maximum Gasteiger partial charge on any atom is 0.179 e. The van der Waals surface area contributed by atoms with Gasteiger partial charge in [-0.2, -0.15) is 0 Å². The second-order valence-corrected chi connectivity index (χ2v) is 3.81. The molecular weight excluding hydrogens is 186 g/mol. The van der Waals surface area contributed by atoms with Crippen molar-refractivity contribution < 1.29 is 4.79 Å². The minimum Gasteiger partial charge on any atom is -0.321 e. The summed E-state index contributed by atoms with van der Waals surface area (Å²) in [5, 5.41) is 0. The van der Waals surface area contributed by atoms with E-state index in [-0.39, 0.29) is 11.8 Å². The van der Waals surface area contributed by atoms with E-state index in [9.17, 15) is 4.79 Å². The number of rotatable bonds is 5. The largest absolute Gasteiger partial charge is 0.321 e. The molecule has 0 heterocycles. The first kappa shape index (κ1) is 11.9. The molecular formula is C13H19NO. The fraction of sp³-hybridized carbons (Fsp3) is 0.462. The van der Waals surface area contributed by atoms with Crippen LogP contribution in [0, 0.1) is 0 Å². The number of Topliss-reactive ketones (excluding diaryl/α,β-unsaturated/α-hetero) is 1. The van der Waals surface area contributed by atoms with E-state index < -0.39 is 0 Å². The molecule has 0 amide bonds. The Balaban J connectivity index is 2.81. The van der Waals surface area contributed by atoms with Crippen molar-refractivity contribution in [2.24, 2.45) is 5.73 Å². The molecule has 0 aliphatic heterocycles. The maximum atomic E-state index is 11.9. The lowest BCUT2D eigenvalue weighted by Crippen LogP contribution is -2.30. The normalized spacial score (nSPS) is 12.5. The van der Waals surface area contributed by atoms with E-state index in [4.69, 9.17) is 5.73 Å². The van der Waals surface area contributed by atoms with Crippen LogP contribution in [0.15, 0.2) is 24.3 Å². The van der Waals surface area contributed by atoms with Crippen molar-refractivity contribution in [3.63, 3.8) is 0 Å². The van der Waals surface area contributed by atoms with E-state index in [1.807, 2.05) is 31.2 Å². The highest BCUT2D eigenvalue weighted by Crippen LogP contribution is 2.09. The summed E-state index contributed by atoms with van der Waals surface area (Å²) in [6.45, 7) is 4.12. The lowest BCUT2D eigenvalue weighted by Gasteiger charge is -2.09. The van der Waals surface area contributed by atoms with Crippen molar-refractivity contribution in [3.8, 4) is 0 Å². The Labute approximate surface area is 91.5 Å². The Morgan fingerprint density at radius 2 is 2.13 bits per heavy atom. The monoisotopic (exact) mass is 205 g/mol. The van der Waals surface area contributed by atoms with Gasteiger partial charge in [-0.05, 0) is 24.5 Å². The van der Waals surface area contributed by atoms with Gasteiger partial charge in [0.2, 0.25) is 0 Å². The Kier molecular flexibility index (Phi) is 4.50. The molecule has 15 heavy (non-hydrogen) atoms. The number of aryl methyl sites for hydroxylation is 1. The summed E-state index contributed by atoms with van der Waals surface area (Å²) in [6, 6.07) is 7.39. The molecule has 2 N–H and O–H groups in total. The van der Waals surface area contributed by atoms with Crippen molar-refractivity contribution in [1.82, 2.24) is 0 Å². The molecule has 0 spiro atoms. The highest BCUT2D eigenvalue weighted by molar-refractivity contribution is 6.00. The minimum absolute atomic E-state index is 0.0622. The van der Waals surface area contributed by atoms with Crippen LogP contribution in [0.5, 0.6) is 0 Å². The molecule has 1 aromatic rings. The molecule has 2 heteroatoms. The lowest BCUT2D eigenvalue weighted by atomic mass is 9.99. The van der Waals surface area contributed by atoms with Crippen LogP contribution in [-0.4, -0.2) is 11.8 Å². The van der Waals surface area contributed by atoms with Crippen LogP contribution in [-0.2, 0) is 6.42 Å². The Morgan fingerprint density at radius 3 is 2.73 bits per heavy atom. The van der Waals surface area contributed by atoms with Crippen LogP contribution < -0.4 is 5.73 Å². The van der Waals surface area contributed by atoms with Gasteiger partial charge in [-0.25, -0.2) is 0 Å². The van der Waals surface area contributed by atoms with Gasteiger partial charge < -0.3 is 5.73 Å². The predicted octanol–water partition coefficient (Wildman–Crippen LogP) is 2.56. The summed E-state index contributed by atoms with van der Waals surface area (Å²) in [4.78, 5) is 11.9. The fourth-order valence-electron chi connectivity index (χ4n) is 1.60. The van der Waals surface area contributed by atoms with Gasteiger partial charge in [0.25, 0.3) is 0 Å². The molecule has 1 rings (SSSR count). The van der Waals surface area contributed by atoms with Crippen LogP contribution >= 0.6 is 0 Å². The van der Waals surface area contributed by atoms with E-state index >= 15 is 0 Å². The summed E-state index contributed by atoms with van der Waals surface area (Å²) >= 11 is 0. The quantitative estimate of drug-likeness (QED) is 0.751. The summed E-state index contributed by atoms with van der Waals surface area (Å²) < 4.78 is 0. The number of carbonyl (C=O) groups excluding carboxylic acids is 1. The summed E-state index contributed by atoms with van der Waals surface area (Å²) in [6.07, 6.45) is 2.65. The van der Waals surface area contributed by atoms with Gasteiger partial charge in [-0.3, -0.25) is 4.79 Å². The molecule has 1 aromatic carbocycles. The van der Waals surface area contributed by atoms with Gasteiger partial charge in [0.15, 0.2) is 5.78 Å². The third-order valence-corrected chi connectivity index (χ3v) is 2.56. The van der Waals surface area contributed by atoms with Crippen LogP contribution in [0.3, 0.4) is 0 Å². The lowest BCUT2D eigenvalue weighted by molar-refractivity contribution is 0.0956. The molecule has 0 saturated heterocycles. The van der Waals surface area contributed by atoms with Crippen LogP contribution in [0.2, 0.25) is 0 Å². The van der Waals surface area contributed by atoms with Gasteiger partial charge in [0, 0.05) is 5.56 Å². The summed E-state index contributed by atoms with van der Waals surface area (Å²) in [7, 11) is 0. The van der Waals surface area contributed by atoms with E-state index in [0.717, 1.165) is 24.8 Å². The topological polar surface area (TPSA) is 43.1 Å². The van der Waals surface area contributed by atoms with Gasteiger partial charge in [-0.15, -0.1) is 0 Å². The SMILES string of the molecule is CCCC(N)C(=O)c1cccc(CC)c1. The van der Waals surface area contributed by atoms with Crippen LogP contribution in [0.25, 0.3) is 0 Å². The van der Waals surface area contributed by atoms with E-state index in [0.29, 0.717) is 0 Å². The molecule has 0 fully saturated rings. The van der Waals surface area contributed by atoms with Crippen molar-refractivity contribution >= 4 is 5.78 Å². The molecule has 2 nitrogen and oxygen atoms in total. The second-order valence-electron chi connectivity index (χ2n) is 3.81. The molecule has 0 aromatic heterocycles. The zero-order valence-electron chi connectivity index (χ0n) is 9.49. The second kappa shape index (κ2) is 5.66. The molecule has 0 aliphatic carbocycles. The average Bonchev–Trinajstić information content (AvgIpc) is 2.28. The smallest absolute Gasteiger partial charge is 0.179 e.